The van der Waals surface area contributed by atoms with E-state index >= 15 is 0 Å². The first-order chi connectivity index (χ1) is 6.31. The summed E-state index contributed by atoms with van der Waals surface area (Å²) >= 11 is 0. The second-order valence-corrected chi connectivity index (χ2v) is 7.12. The van der Waals surface area contributed by atoms with Gasteiger partial charge in [0.15, 0.2) is 9.84 Å². The molecule has 0 aromatic heterocycles. The molecule has 0 radical (unpaired) electrons. The fourth-order valence-electron chi connectivity index (χ4n) is 0.842. The van der Waals surface area contributed by atoms with E-state index in [0.717, 1.165) is 0 Å². The van der Waals surface area contributed by atoms with Gasteiger partial charge in [0.25, 0.3) is 0 Å². The molecule has 0 amide bonds. The van der Waals surface area contributed by atoms with E-state index in [4.69, 9.17) is 5.11 Å². The van der Waals surface area contributed by atoms with Gasteiger partial charge in [0.1, 0.15) is 0 Å². The molecule has 0 bridgehead atoms. The Morgan fingerprint density at radius 3 is 2.21 bits per heavy atom. The van der Waals surface area contributed by atoms with Gasteiger partial charge in [-0.2, -0.15) is 0 Å². The minimum Gasteiger partial charge on any atom is -0.396 e. The number of sulfone groups is 1. The molecule has 0 saturated heterocycles. The quantitative estimate of drug-likeness (QED) is 0.630. The molecule has 14 heavy (non-hydrogen) atoms. The summed E-state index contributed by atoms with van der Waals surface area (Å²) < 4.78 is 22.5. The predicted molar refractivity (Wildman–Crippen MR) is 58.1 cm³/mol. The Hall–Kier alpha value is -0.130. The van der Waals surface area contributed by atoms with Crippen LogP contribution in [-0.2, 0) is 9.84 Å². The zero-order valence-electron chi connectivity index (χ0n) is 9.21. The van der Waals surface area contributed by atoms with Gasteiger partial charge < -0.3 is 10.4 Å². The Morgan fingerprint density at radius 1 is 1.21 bits per heavy atom. The number of rotatable bonds is 6. The van der Waals surface area contributed by atoms with Crippen LogP contribution in [0.3, 0.4) is 0 Å². The highest BCUT2D eigenvalue weighted by atomic mass is 32.2. The largest absolute Gasteiger partial charge is 0.396 e. The normalized spacial score (nSPS) is 13.1. The van der Waals surface area contributed by atoms with E-state index in [2.05, 4.69) is 5.32 Å². The first-order valence-corrected chi connectivity index (χ1v) is 6.50. The van der Waals surface area contributed by atoms with Crippen molar-refractivity contribution < 1.29 is 13.5 Å². The molecule has 4 nitrogen and oxygen atoms in total. The number of hydrogen-bond donors (Lipinski definition) is 2. The third kappa shape index (κ3) is 4.93. The summed E-state index contributed by atoms with van der Waals surface area (Å²) in [6.45, 7) is 6.37. The van der Waals surface area contributed by atoms with Gasteiger partial charge in [-0.15, -0.1) is 0 Å². The van der Waals surface area contributed by atoms with E-state index in [1.54, 1.807) is 20.8 Å². The lowest BCUT2D eigenvalue weighted by Crippen LogP contribution is -2.35. The van der Waals surface area contributed by atoms with E-state index in [9.17, 15) is 8.42 Å². The second kappa shape index (κ2) is 5.68. The topological polar surface area (TPSA) is 66.4 Å². The summed E-state index contributed by atoms with van der Waals surface area (Å²) in [6, 6.07) is 0. The second-order valence-electron chi connectivity index (χ2n) is 4.26. The molecule has 0 fully saturated rings. The fraction of sp³-hybridized carbons (Fsp3) is 1.00. The molecule has 0 aliphatic carbocycles. The van der Waals surface area contributed by atoms with Crippen molar-refractivity contribution in [2.24, 2.45) is 0 Å². The van der Waals surface area contributed by atoms with Crippen molar-refractivity contribution in [2.75, 3.05) is 25.4 Å². The van der Waals surface area contributed by atoms with E-state index in [1.807, 2.05) is 0 Å². The number of hydrogen-bond acceptors (Lipinski definition) is 4. The molecule has 0 aromatic rings. The molecular weight excluding hydrogens is 202 g/mol. The van der Waals surface area contributed by atoms with Crippen molar-refractivity contribution >= 4 is 9.84 Å². The van der Waals surface area contributed by atoms with Gasteiger partial charge in [0.05, 0.1) is 10.5 Å². The lowest BCUT2D eigenvalue weighted by molar-refractivity contribution is 0.286. The molecule has 0 heterocycles. The van der Waals surface area contributed by atoms with Crippen LogP contribution in [-0.4, -0.2) is 43.7 Å². The molecule has 0 rings (SSSR count). The molecule has 0 saturated carbocycles. The van der Waals surface area contributed by atoms with Crippen molar-refractivity contribution in [3.05, 3.63) is 0 Å². The Balaban J connectivity index is 3.80. The Labute approximate surface area is 86.6 Å². The molecule has 0 atom stereocenters. The van der Waals surface area contributed by atoms with Gasteiger partial charge in [0.2, 0.25) is 0 Å². The monoisotopic (exact) mass is 223 g/mol. The van der Waals surface area contributed by atoms with Crippen LogP contribution in [0.2, 0.25) is 0 Å². The first kappa shape index (κ1) is 13.9. The first-order valence-electron chi connectivity index (χ1n) is 4.85. The van der Waals surface area contributed by atoms with Gasteiger partial charge in [-0.1, -0.05) is 0 Å². The summed E-state index contributed by atoms with van der Waals surface area (Å²) in [4.78, 5) is 0. The molecule has 0 spiro atoms. The minimum atomic E-state index is -3.01. The highest BCUT2D eigenvalue weighted by Crippen LogP contribution is 2.14. The summed E-state index contributed by atoms with van der Waals surface area (Å²) in [6.07, 6.45) is 0.662. The zero-order chi connectivity index (χ0) is 11.2. The molecule has 0 aromatic carbocycles. The van der Waals surface area contributed by atoms with E-state index in [-0.39, 0.29) is 12.4 Å². The molecule has 0 unspecified atom stereocenters. The van der Waals surface area contributed by atoms with Crippen molar-refractivity contribution in [3.63, 3.8) is 0 Å². The van der Waals surface area contributed by atoms with Crippen LogP contribution < -0.4 is 5.32 Å². The van der Waals surface area contributed by atoms with Crippen LogP contribution in [0.1, 0.15) is 27.2 Å². The molecule has 0 aliphatic rings. The van der Waals surface area contributed by atoms with Gasteiger partial charge in [-0.05, 0) is 33.7 Å². The summed E-state index contributed by atoms with van der Waals surface area (Å²) in [5.74, 6) is 0.155. The Morgan fingerprint density at radius 2 is 1.79 bits per heavy atom. The molecular formula is C9H21NO3S. The minimum absolute atomic E-state index is 0.138. The standard InChI is InChI=1S/C9H21NO3S/c1-9(2,3)14(12,13)8-6-10-5-4-7-11/h10-11H,4-8H2,1-3H3. The average molecular weight is 223 g/mol. The lowest BCUT2D eigenvalue weighted by atomic mass is 10.3. The Kier molecular flexibility index (Phi) is 5.63. The van der Waals surface area contributed by atoms with Crippen molar-refractivity contribution in [1.29, 1.82) is 0 Å². The fourth-order valence-corrected chi connectivity index (χ4v) is 1.87. The summed E-state index contributed by atoms with van der Waals surface area (Å²) in [5.41, 5.74) is 0. The van der Waals surface area contributed by atoms with Gasteiger partial charge in [0, 0.05) is 13.2 Å². The Bertz CT molecular complexity index is 241. The third-order valence-electron chi connectivity index (χ3n) is 1.99. The van der Waals surface area contributed by atoms with Crippen LogP contribution in [0.4, 0.5) is 0 Å². The van der Waals surface area contributed by atoms with Gasteiger partial charge in [-0.3, -0.25) is 0 Å². The molecule has 86 valence electrons. The zero-order valence-corrected chi connectivity index (χ0v) is 10.0. The van der Waals surface area contributed by atoms with Crippen molar-refractivity contribution in [2.45, 2.75) is 31.9 Å². The maximum Gasteiger partial charge on any atom is 0.156 e. The van der Waals surface area contributed by atoms with Crippen molar-refractivity contribution in [3.8, 4) is 0 Å². The maximum atomic E-state index is 11.6. The lowest BCUT2D eigenvalue weighted by Gasteiger charge is -2.19. The summed E-state index contributed by atoms with van der Waals surface area (Å²) in [7, 11) is -3.01. The van der Waals surface area contributed by atoms with Crippen LogP contribution in [0.5, 0.6) is 0 Å². The highest BCUT2D eigenvalue weighted by molar-refractivity contribution is 7.92. The van der Waals surface area contributed by atoms with E-state index in [1.165, 1.54) is 0 Å². The predicted octanol–water partition coefficient (Wildman–Crippen LogP) is 0.172. The maximum absolute atomic E-state index is 11.6. The van der Waals surface area contributed by atoms with Crippen molar-refractivity contribution in [1.82, 2.24) is 5.32 Å². The number of aliphatic hydroxyl groups is 1. The number of aliphatic hydroxyl groups excluding tert-OH is 1. The van der Waals surface area contributed by atoms with Crippen LogP contribution in [0, 0.1) is 0 Å². The molecule has 5 heteroatoms. The van der Waals surface area contributed by atoms with Crippen LogP contribution >= 0.6 is 0 Å². The van der Waals surface area contributed by atoms with E-state index in [0.29, 0.717) is 19.5 Å². The van der Waals surface area contributed by atoms with Crippen LogP contribution in [0.25, 0.3) is 0 Å². The summed E-state index contributed by atoms with van der Waals surface area (Å²) in [5, 5.41) is 11.5. The smallest absolute Gasteiger partial charge is 0.156 e. The number of nitrogens with one attached hydrogen (secondary N) is 1. The van der Waals surface area contributed by atoms with Gasteiger partial charge in [-0.25, -0.2) is 8.42 Å². The SMILES string of the molecule is CC(C)(C)S(=O)(=O)CCNCCCO. The average Bonchev–Trinajstić information content (AvgIpc) is 2.02. The highest BCUT2D eigenvalue weighted by Gasteiger charge is 2.27. The van der Waals surface area contributed by atoms with Crippen LogP contribution in [0.15, 0.2) is 0 Å². The molecule has 0 aliphatic heterocycles. The van der Waals surface area contributed by atoms with E-state index < -0.39 is 14.6 Å². The third-order valence-corrected chi connectivity index (χ3v) is 4.60. The van der Waals surface area contributed by atoms with Gasteiger partial charge >= 0.3 is 0 Å². The molecule has 2 N–H and O–H groups in total.